The second kappa shape index (κ2) is 8.45. The number of hydrazine groups is 1. The summed E-state index contributed by atoms with van der Waals surface area (Å²) in [5.74, 6) is 4.74. The van der Waals surface area contributed by atoms with Gasteiger partial charge in [0, 0.05) is 26.7 Å². The van der Waals surface area contributed by atoms with Crippen LogP contribution in [0.3, 0.4) is 0 Å². The van der Waals surface area contributed by atoms with Crippen LogP contribution in [0.25, 0.3) is 0 Å². The van der Waals surface area contributed by atoms with E-state index >= 15 is 0 Å². The Morgan fingerprint density at radius 3 is 2.83 bits per heavy atom. The van der Waals surface area contributed by atoms with Gasteiger partial charge in [0.2, 0.25) is 5.91 Å². The zero-order valence-electron chi connectivity index (χ0n) is 7.43. The van der Waals surface area contributed by atoms with E-state index in [2.05, 4.69) is 10.7 Å². The molecule has 12 heavy (non-hydrogen) atoms. The fourth-order valence-corrected chi connectivity index (χ4v) is 0.741. The fraction of sp³-hybridized carbons (Fsp3) is 0.857. The Hall–Kier alpha value is -0.650. The molecular formula is C7H17N3O2. The third-order valence-electron chi connectivity index (χ3n) is 1.39. The molecule has 4 N–H and O–H groups in total. The van der Waals surface area contributed by atoms with Crippen LogP contribution in [0.15, 0.2) is 0 Å². The first-order valence-corrected chi connectivity index (χ1v) is 4.00. The van der Waals surface area contributed by atoms with Crippen LogP contribution >= 0.6 is 0 Å². The van der Waals surface area contributed by atoms with Gasteiger partial charge in [0.15, 0.2) is 0 Å². The summed E-state index contributed by atoms with van der Waals surface area (Å²) < 4.78 is 4.85. The SMILES string of the molecule is COCCCNCCC(=O)NN. The number of ether oxygens (including phenoxy) is 1. The summed E-state index contributed by atoms with van der Waals surface area (Å²) in [4.78, 5) is 10.6. The lowest BCUT2D eigenvalue weighted by molar-refractivity contribution is -0.121. The van der Waals surface area contributed by atoms with Gasteiger partial charge in [0.1, 0.15) is 0 Å². The second-order valence-corrected chi connectivity index (χ2v) is 2.41. The van der Waals surface area contributed by atoms with Crippen molar-refractivity contribution in [2.45, 2.75) is 12.8 Å². The van der Waals surface area contributed by atoms with Gasteiger partial charge in [0.25, 0.3) is 0 Å². The number of rotatable bonds is 7. The summed E-state index contributed by atoms with van der Waals surface area (Å²) in [6.45, 7) is 2.27. The smallest absolute Gasteiger partial charge is 0.235 e. The molecule has 0 aromatic rings. The van der Waals surface area contributed by atoms with Crippen LogP contribution in [-0.2, 0) is 9.53 Å². The van der Waals surface area contributed by atoms with Gasteiger partial charge in [-0.1, -0.05) is 0 Å². The average molecular weight is 175 g/mol. The summed E-state index contributed by atoms with van der Waals surface area (Å²) in [5.41, 5.74) is 2.06. The van der Waals surface area contributed by atoms with Crippen molar-refractivity contribution >= 4 is 5.91 Å². The lowest BCUT2D eigenvalue weighted by Crippen LogP contribution is -2.32. The molecule has 0 aliphatic carbocycles. The Bertz CT molecular complexity index is 119. The van der Waals surface area contributed by atoms with E-state index in [-0.39, 0.29) is 5.91 Å². The summed E-state index contributed by atoms with van der Waals surface area (Å²) in [5, 5.41) is 3.09. The maximum atomic E-state index is 10.6. The van der Waals surface area contributed by atoms with Gasteiger partial charge in [-0.05, 0) is 13.0 Å². The molecule has 5 nitrogen and oxygen atoms in total. The second-order valence-electron chi connectivity index (χ2n) is 2.41. The van der Waals surface area contributed by atoms with E-state index in [1.165, 1.54) is 0 Å². The highest BCUT2D eigenvalue weighted by molar-refractivity contribution is 5.75. The van der Waals surface area contributed by atoms with Crippen LogP contribution in [0.5, 0.6) is 0 Å². The Morgan fingerprint density at radius 2 is 2.25 bits per heavy atom. The van der Waals surface area contributed by atoms with E-state index < -0.39 is 0 Å². The number of amides is 1. The topological polar surface area (TPSA) is 76.4 Å². The van der Waals surface area contributed by atoms with Crippen LogP contribution < -0.4 is 16.6 Å². The third kappa shape index (κ3) is 7.46. The number of methoxy groups -OCH3 is 1. The van der Waals surface area contributed by atoms with Crippen molar-refractivity contribution in [1.82, 2.24) is 10.7 Å². The molecule has 5 heteroatoms. The van der Waals surface area contributed by atoms with Crippen LogP contribution in [0.1, 0.15) is 12.8 Å². The average Bonchev–Trinajstić information content (AvgIpc) is 2.10. The molecule has 0 saturated heterocycles. The molecule has 0 heterocycles. The fourth-order valence-electron chi connectivity index (χ4n) is 0.741. The van der Waals surface area contributed by atoms with E-state index in [0.717, 1.165) is 19.6 Å². The van der Waals surface area contributed by atoms with E-state index in [1.54, 1.807) is 7.11 Å². The van der Waals surface area contributed by atoms with E-state index in [4.69, 9.17) is 10.6 Å². The van der Waals surface area contributed by atoms with Crippen molar-refractivity contribution in [3.8, 4) is 0 Å². The largest absolute Gasteiger partial charge is 0.385 e. The molecule has 0 rings (SSSR count). The van der Waals surface area contributed by atoms with Gasteiger partial charge in [-0.15, -0.1) is 0 Å². The first kappa shape index (κ1) is 11.4. The zero-order valence-corrected chi connectivity index (χ0v) is 7.43. The van der Waals surface area contributed by atoms with Crippen molar-refractivity contribution < 1.29 is 9.53 Å². The van der Waals surface area contributed by atoms with Gasteiger partial charge in [-0.3, -0.25) is 10.2 Å². The molecule has 0 saturated carbocycles. The molecule has 0 fully saturated rings. The predicted molar refractivity (Wildman–Crippen MR) is 46.3 cm³/mol. The van der Waals surface area contributed by atoms with Gasteiger partial charge < -0.3 is 10.1 Å². The van der Waals surface area contributed by atoms with Crippen molar-refractivity contribution in [3.05, 3.63) is 0 Å². The maximum Gasteiger partial charge on any atom is 0.235 e. The van der Waals surface area contributed by atoms with Crippen LogP contribution in [0.4, 0.5) is 0 Å². The Kier molecular flexibility index (Phi) is 7.99. The Balaban J connectivity index is 2.95. The quantitative estimate of drug-likeness (QED) is 0.201. The first-order chi connectivity index (χ1) is 5.81. The molecule has 0 aliphatic rings. The maximum absolute atomic E-state index is 10.6. The lowest BCUT2D eigenvalue weighted by Gasteiger charge is -2.02. The minimum atomic E-state index is -0.144. The zero-order chi connectivity index (χ0) is 9.23. The van der Waals surface area contributed by atoms with Gasteiger partial charge in [-0.25, -0.2) is 5.84 Å². The number of nitrogens with one attached hydrogen (secondary N) is 2. The van der Waals surface area contributed by atoms with Crippen LogP contribution in [0.2, 0.25) is 0 Å². The number of hydrogen-bond acceptors (Lipinski definition) is 4. The highest BCUT2D eigenvalue weighted by atomic mass is 16.5. The summed E-state index contributed by atoms with van der Waals surface area (Å²) >= 11 is 0. The molecule has 0 aromatic carbocycles. The number of carbonyl (C=O) groups is 1. The van der Waals surface area contributed by atoms with Crippen molar-refractivity contribution in [2.24, 2.45) is 5.84 Å². The Labute approximate surface area is 72.6 Å². The normalized spacial score (nSPS) is 9.83. The first-order valence-electron chi connectivity index (χ1n) is 4.00. The molecular weight excluding hydrogens is 158 g/mol. The molecule has 0 spiro atoms. The summed E-state index contributed by atoms with van der Waals surface area (Å²) in [6.07, 6.45) is 1.38. The third-order valence-corrected chi connectivity index (χ3v) is 1.39. The molecule has 0 bridgehead atoms. The minimum absolute atomic E-state index is 0.144. The molecule has 0 aliphatic heterocycles. The van der Waals surface area contributed by atoms with Gasteiger partial charge in [-0.2, -0.15) is 0 Å². The van der Waals surface area contributed by atoms with Crippen LogP contribution in [-0.4, -0.2) is 32.7 Å². The molecule has 0 unspecified atom stereocenters. The molecule has 0 radical (unpaired) electrons. The number of nitrogens with two attached hydrogens (primary N) is 1. The molecule has 72 valence electrons. The van der Waals surface area contributed by atoms with E-state index in [1.807, 2.05) is 0 Å². The molecule has 0 aromatic heterocycles. The molecule has 1 amide bonds. The van der Waals surface area contributed by atoms with Gasteiger partial charge in [0.05, 0.1) is 0 Å². The molecule has 0 atom stereocenters. The highest BCUT2D eigenvalue weighted by Gasteiger charge is 1.95. The van der Waals surface area contributed by atoms with Crippen molar-refractivity contribution in [2.75, 3.05) is 26.8 Å². The van der Waals surface area contributed by atoms with Crippen molar-refractivity contribution in [3.63, 3.8) is 0 Å². The monoisotopic (exact) mass is 175 g/mol. The van der Waals surface area contributed by atoms with Crippen LogP contribution in [0, 0.1) is 0 Å². The lowest BCUT2D eigenvalue weighted by atomic mass is 10.4. The van der Waals surface area contributed by atoms with Gasteiger partial charge >= 0.3 is 0 Å². The Morgan fingerprint density at radius 1 is 1.50 bits per heavy atom. The predicted octanol–water partition coefficient (Wildman–Crippen LogP) is -1.01. The number of hydrogen-bond donors (Lipinski definition) is 3. The van der Waals surface area contributed by atoms with Crippen molar-refractivity contribution in [1.29, 1.82) is 0 Å². The van der Waals surface area contributed by atoms with E-state index in [9.17, 15) is 4.79 Å². The summed E-state index contributed by atoms with van der Waals surface area (Å²) in [7, 11) is 1.67. The summed E-state index contributed by atoms with van der Waals surface area (Å²) in [6, 6.07) is 0. The standard InChI is InChI=1S/C7H17N3O2/c1-12-6-2-4-9-5-3-7(11)10-8/h9H,2-6,8H2,1H3,(H,10,11). The number of carbonyl (C=O) groups excluding carboxylic acids is 1. The minimum Gasteiger partial charge on any atom is -0.385 e. The highest BCUT2D eigenvalue weighted by Crippen LogP contribution is 1.78. The van der Waals surface area contributed by atoms with E-state index in [0.29, 0.717) is 13.0 Å².